The maximum Gasteiger partial charge on any atom is 0.138 e. The van der Waals surface area contributed by atoms with Crippen molar-refractivity contribution in [2.45, 2.75) is 6.42 Å². The molecule has 0 fully saturated rings. The maximum atomic E-state index is 12.7. The van der Waals surface area contributed by atoms with Crippen molar-refractivity contribution in [3.63, 3.8) is 0 Å². The molecule has 2 N–H and O–H groups in total. The lowest BCUT2D eigenvalue weighted by Crippen LogP contribution is -2.00. The Balaban J connectivity index is 2.82. The highest BCUT2D eigenvalue weighted by Crippen LogP contribution is 2.21. The van der Waals surface area contributed by atoms with Gasteiger partial charge in [-0.3, -0.25) is 0 Å². The molecular weight excluding hydrogens is 165 g/mol. The van der Waals surface area contributed by atoms with Crippen molar-refractivity contribution < 1.29 is 4.39 Å². The smallest absolute Gasteiger partial charge is 0.138 e. The molecule has 0 amide bonds. The third-order valence-corrected chi connectivity index (χ3v) is 1.82. The molecule has 0 atom stereocenters. The normalized spacial score (nSPS) is 18.3. The van der Waals surface area contributed by atoms with E-state index in [0.717, 1.165) is 5.57 Å². The zero-order valence-corrected chi connectivity index (χ0v) is 6.74. The molecular formula is C8H9ClFN. The molecule has 0 bridgehead atoms. The van der Waals surface area contributed by atoms with Crippen molar-refractivity contribution in [2.75, 3.05) is 6.54 Å². The average Bonchev–Trinajstić information content (AvgIpc) is 2.16. The largest absolute Gasteiger partial charge is 0.327 e. The lowest BCUT2D eigenvalue weighted by Gasteiger charge is -1.92. The van der Waals surface area contributed by atoms with Gasteiger partial charge in [-0.05, 0) is 11.6 Å². The molecule has 0 saturated carbocycles. The van der Waals surface area contributed by atoms with Crippen LogP contribution >= 0.6 is 11.6 Å². The lowest BCUT2D eigenvalue weighted by molar-refractivity contribution is 0.660. The first-order chi connectivity index (χ1) is 5.24. The molecule has 0 radical (unpaired) electrons. The molecule has 0 unspecified atom stereocenters. The van der Waals surface area contributed by atoms with Crippen molar-refractivity contribution in [1.29, 1.82) is 0 Å². The SMILES string of the molecule is NCC1=CCC(Cl)=C(F)C=C1. The van der Waals surface area contributed by atoms with E-state index in [-0.39, 0.29) is 10.9 Å². The third-order valence-electron chi connectivity index (χ3n) is 1.48. The van der Waals surface area contributed by atoms with Crippen LogP contribution in [0.3, 0.4) is 0 Å². The molecule has 0 aromatic rings. The van der Waals surface area contributed by atoms with E-state index in [1.54, 1.807) is 6.08 Å². The van der Waals surface area contributed by atoms with Crippen molar-refractivity contribution in [2.24, 2.45) is 5.73 Å². The van der Waals surface area contributed by atoms with Crippen molar-refractivity contribution in [3.8, 4) is 0 Å². The Labute approximate surface area is 70.0 Å². The summed E-state index contributed by atoms with van der Waals surface area (Å²) in [5.41, 5.74) is 6.27. The fraction of sp³-hybridized carbons (Fsp3) is 0.250. The van der Waals surface area contributed by atoms with Crippen LogP contribution in [0.1, 0.15) is 6.42 Å². The number of rotatable bonds is 1. The molecule has 0 aliphatic heterocycles. The monoisotopic (exact) mass is 173 g/mol. The van der Waals surface area contributed by atoms with Gasteiger partial charge in [0.2, 0.25) is 0 Å². The summed E-state index contributed by atoms with van der Waals surface area (Å²) in [6.45, 7) is 0.425. The summed E-state index contributed by atoms with van der Waals surface area (Å²) in [4.78, 5) is 0. The summed E-state index contributed by atoms with van der Waals surface area (Å²) in [6, 6.07) is 0. The molecule has 1 rings (SSSR count). The Morgan fingerprint density at radius 1 is 1.55 bits per heavy atom. The van der Waals surface area contributed by atoms with Crippen molar-refractivity contribution in [3.05, 3.63) is 34.7 Å². The summed E-state index contributed by atoms with van der Waals surface area (Å²) in [7, 11) is 0. The van der Waals surface area contributed by atoms with Crippen LogP contribution in [-0.2, 0) is 0 Å². The number of halogens is 2. The van der Waals surface area contributed by atoms with E-state index in [0.29, 0.717) is 13.0 Å². The fourth-order valence-corrected chi connectivity index (χ4v) is 0.948. The predicted octanol–water partition coefficient (Wildman–Crippen LogP) is 2.25. The highest BCUT2D eigenvalue weighted by Gasteiger charge is 2.03. The molecule has 0 spiro atoms. The molecule has 0 heterocycles. The molecule has 0 aromatic carbocycles. The van der Waals surface area contributed by atoms with E-state index in [9.17, 15) is 4.39 Å². The molecule has 1 nitrogen and oxygen atoms in total. The van der Waals surface area contributed by atoms with Crippen LogP contribution in [0, 0.1) is 0 Å². The zero-order valence-electron chi connectivity index (χ0n) is 5.98. The number of hydrogen-bond acceptors (Lipinski definition) is 1. The summed E-state index contributed by atoms with van der Waals surface area (Å²) in [5, 5.41) is 0.240. The topological polar surface area (TPSA) is 26.0 Å². The van der Waals surface area contributed by atoms with Gasteiger partial charge in [-0.2, -0.15) is 0 Å². The van der Waals surface area contributed by atoms with Gasteiger partial charge in [0.25, 0.3) is 0 Å². The maximum absolute atomic E-state index is 12.7. The first-order valence-corrected chi connectivity index (χ1v) is 3.73. The summed E-state index contributed by atoms with van der Waals surface area (Å²) < 4.78 is 12.7. The molecule has 0 aromatic heterocycles. The van der Waals surface area contributed by atoms with Crippen LogP contribution < -0.4 is 5.73 Å². The molecule has 11 heavy (non-hydrogen) atoms. The van der Waals surface area contributed by atoms with Gasteiger partial charge >= 0.3 is 0 Å². The van der Waals surface area contributed by atoms with Crippen LogP contribution in [0.5, 0.6) is 0 Å². The van der Waals surface area contributed by atoms with Gasteiger partial charge in [0.05, 0.1) is 5.03 Å². The van der Waals surface area contributed by atoms with Crippen LogP contribution in [0.2, 0.25) is 0 Å². The van der Waals surface area contributed by atoms with Crippen molar-refractivity contribution >= 4 is 11.6 Å². The van der Waals surface area contributed by atoms with Crippen LogP contribution in [0.25, 0.3) is 0 Å². The molecule has 0 saturated heterocycles. The van der Waals surface area contributed by atoms with Crippen LogP contribution in [0.15, 0.2) is 34.7 Å². The Kier molecular flexibility index (Phi) is 2.85. The van der Waals surface area contributed by atoms with Gasteiger partial charge in [-0.1, -0.05) is 23.8 Å². The van der Waals surface area contributed by atoms with Crippen molar-refractivity contribution in [1.82, 2.24) is 0 Å². The van der Waals surface area contributed by atoms with Crippen LogP contribution in [-0.4, -0.2) is 6.54 Å². The van der Waals surface area contributed by atoms with E-state index in [4.69, 9.17) is 17.3 Å². The Morgan fingerprint density at radius 3 is 2.91 bits per heavy atom. The second kappa shape index (κ2) is 3.69. The molecule has 1 aliphatic rings. The van der Waals surface area contributed by atoms with Gasteiger partial charge in [-0.25, -0.2) is 4.39 Å². The Bertz CT molecular complexity index is 240. The molecule has 3 heteroatoms. The van der Waals surface area contributed by atoms with Gasteiger partial charge in [0.1, 0.15) is 5.83 Å². The number of allylic oxidation sites excluding steroid dienone is 4. The van der Waals surface area contributed by atoms with Gasteiger partial charge < -0.3 is 5.73 Å². The van der Waals surface area contributed by atoms with E-state index in [1.165, 1.54) is 6.08 Å². The molecule has 1 aliphatic carbocycles. The summed E-state index contributed by atoms with van der Waals surface area (Å²) >= 11 is 5.56. The molecule has 60 valence electrons. The predicted molar refractivity (Wildman–Crippen MR) is 44.9 cm³/mol. The van der Waals surface area contributed by atoms with Gasteiger partial charge in [0.15, 0.2) is 0 Å². The van der Waals surface area contributed by atoms with E-state index in [2.05, 4.69) is 0 Å². The summed E-state index contributed by atoms with van der Waals surface area (Å²) in [5.74, 6) is -0.369. The minimum absolute atomic E-state index is 0.240. The summed E-state index contributed by atoms with van der Waals surface area (Å²) in [6.07, 6.45) is 5.25. The van der Waals surface area contributed by atoms with E-state index >= 15 is 0 Å². The zero-order chi connectivity index (χ0) is 8.27. The second-order valence-electron chi connectivity index (χ2n) is 2.27. The first kappa shape index (κ1) is 8.50. The number of nitrogens with two attached hydrogens (primary N) is 1. The second-order valence-corrected chi connectivity index (χ2v) is 2.73. The van der Waals surface area contributed by atoms with E-state index < -0.39 is 0 Å². The van der Waals surface area contributed by atoms with Gasteiger partial charge in [-0.15, -0.1) is 0 Å². The Hall–Kier alpha value is -0.600. The standard InChI is InChI=1S/C8H9ClFN/c9-7-3-1-6(5-11)2-4-8(7)10/h1-2,4H,3,5,11H2. The Morgan fingerprint density at radius 2 is 2.27 bits per heavy atom. The average molecular weight is 174 g/mol. The first-order valence-electron chi connectivity index (χ1n) is 3.35. The highest BCUT2D eigenvalue weighted by atomic mass is 35.5. The van der Waals surface area contributed by atoms with Gasteiger partial charge in [0, 0.05) is 13.0 Å². The third kappa shape index (κ3) is 2.17. The lowest BCUT2D eigenvalue weighted by atomic mass is 10.2. The van der Waals surface area contributed by atoms with Crippen LogP contribution in [0.4, 0.5) is 4.39 Å². The number of hydrogen-bond donors (Lipinski definition) is 1. The fourth-order valence-electron chi connectivity index (χ4n) is 0.808. The minimum atomic E-state index is -0.369. The quantitative estimate of drug-likeness (QED) is 0.647. The minimum Gasteiger partial charge on any atom is -0.327 e. The highest BCUT2D eigenvalue weighted by molar-refractivity contribution is 6.30. The van der Waals surface area contributed by atoms with E-state index in [1.807, 2.05) is 6.08 Å².